The van der Waals surface area contributed by atoms with Crippen molar-refractivity contribution in [3.63, 3.8) is 0 Å². The van der Waals surface area contributed by atoms with Crippen molar-refractivity contribution in [2.45, 2.75) is 44.6 Å². The largest absolute Gasteiger partial charge is 0.497 e. The highest BCUT2D eigenvalue weighted by Gasteiger charge is 2.14. The molecule has 0 bridgehead atoms. The zero-order chi connectivity index (χ0) is 17.5. The first kappa shape index (κ1) is 17.3. The third-order valence-corrected chi connectivity index (χ3v) is 4.42. The van der Waals surface area contributed by atoms with Crippen LogP contribution in [0.25, 0.3) is 0 Å². The SMILES string of the molecule is COc1ccc(Nc2cnnc(NC3CCCCCC3)n2)c(OC)c1. The molecule has 1 heterocycles. The second kappa shape index (κ2) is 8.50. The summed E-state index contributed by atoms with van der Waals surface area (Å²) in [7, 11) is 3.25. The smallest absolute Gasteiger partial charge is 0.244 e. The van der Waals surface area contributed by atoms with E-state index in [1.807, 2.05) is 18.2 Å². The Balaban J connectivity index is 1.71. The van der Waals surface area contributed by atoms with E-state index in [0.717, 1.165) is 24.3 Å². The summed E-state index contributed by atoms with van der Waals surface area (Å²) in [5.74, 6) is 2.59. The lowest BCUT2D eigenvalue weighted by molar-refractivity contribution is 0.395. The molecule has 1 saturated carbocycles. The molecule has 1 aliphatic carbocycles. The zero-order valence-corrected chi connectivity index (χ0v) is 14.8. The van der Waals surface area contributed by atoms with Crippen molar-refractivity contribution in [3.05, 3.63) is 24.4 Å². The van der Waals surface area contributed by atoms with Crippen molar-refractivity contribution in [1.29, 1.82) is 0 Å². The summed E-state index contributed by atoms with van der Waals surface area (Å²) in [5, 5.41) is 14.8. The van der Waals surface area contributed by atoms with Crippen LogP contribution >= 0.6 is 0 Å². The van der Waals surface area contributed by atoms with Gasteiger partial charge in [0.1, 0.15) is 11.5 Å². The molecule has 0 radical (unpaired) electrons. The molecule has 7 nitrogen and oxygen atoms in total. The Kier molecular flexibility index (Phi) is 5.87. The van der Waals surface area contributed by atoms with Crippen molar-refractivity contribution in [2.75, 3.05) is 24.9 Å². The molecule has 0 spiro atoms. The fourth-order valence-electron chi connectivity index (χ4n) is 3.07. The lowest BCUT2D eigenvalue weighted by Crippen LogP contribution is -2.20. The average molecular weight is 343 g/mol. The van der Waals surface area contributed by atoms with Gasteiger partial charge in [-0.25, -0.2) is 0 Å². The summed E-state index contributed by atoms with van der Waals surface area (Å²) in [4.78, 5) is 4.53. The van der Waals surface area contributed by atoms with E-state index < -0.39 is 0 Å². The van der Waals surface area contributed by atoms with Gasteiger partial charge in [0, 0.05) is 12.1 Å². The van der Waals surface area contributed by atoms with Gasteiger partial charge in [-0.1, -0.05) is 25.7 Å². The molecule has 0 saturated heterocycles. The van der Waals surface area contributed by atoms with Gasteiger partial charge in [0.2, 0.25) is 5.95 Å². The Morgan fingerprint density at radius 3 is 2.56 bits per heavy atom. The average Bonchev–Trinajstić information content (AvgIpc) is 2.91. The molecule has 1 aliphatic rings. The molecular weight excluding hydrogens is 318 g/mol. The van der Waals surface area contributed by atoms with Crippen LogP contribution in [0.4, 0.5) is 17.5 Å². The van der Waals surface area contributed by atoms with Crippen molar-refractivity contribution in [1.82, 2.24) is 15.2 Å². The van der Waals surface area contributed by atoms with Crippen LogP contribution in [-0.2, 0) is 0 Å². The number of ether oxygens (including phenoxy) is 2. The Bertz CT molecular complexity index is 687. The summed E-state index contributed by atoms with van der Waals surface area (Å²) in [6.07, 6.45) is 9.06. The molecule has 0 aliphatic heterocycles. The van der Waals surface area contributed by atoms with E-state index in [1.165, 1.54) is 25.7 Å². The molecule has 2 aromatic rings. The van der Waals surface area contributed by atoms with Gasteiger partial charge in [-0.15, -0.1) is 5.10 Å². The molecule has 134 valence electrons. The second-order valence-corrected chi connectivity index (χ2v) is 6.19. The molecule has 25 heavy (non-hydrogen) atoms. The van der Waals surface area contributed by atoms with E-state index >= 15 is 0 Å². The highest BCUT2D eigenvalue weighted by atomic mass is 16.5. The van der Waals surface area contributed by atoms with Crippen LogP contribution in [0.5, 0.6) is 11.5 Å². The predicted octanol–water partition coefficient (Wildman–Crippen LogP) is 3.77. The zero-order valence-electron chi connectivity index (χ0n) is 14.8. The minimum Gasteiger partial charge on any atom is -0.497 e. The monoisotopic (exact) mass is 343 g/mol. The third kappa shape index (κ3) is 4.71. The lowest BCUT2D eigenvalue weighted by atomic mass is 10.1. The number of anilines is 3. The minimum absolute atomic E-state index is 0.426. The number of nitrogens with zero attached hydrogens (tertiary/aromatic N) is 3. The van der Waals surface area contributed by atoms with E-state index in [9.17, 15) is 0 Å². The van der Waals surface area contributed by atoms with Crippen LogP contribution < -0.4 is 20.1 Å². The summed E-state index contributed by atoms with van der Waals surface area (Å²) >= 11 is 0. The first-order valence-electron chi connectivity index (χ1n) is 8.74. The van der Waals surface area contributed by atoms with Crippen LogP contribution in [-0.4, -0.2) is 35.4 Å². The number of benzene rings is 1. The molecule has 0 atom stereocenters. The van der Waals surface area contributed by atoms with Gasteiger partial charge in [-0.05, 0) is 25.0 Å². The Morgan fingerprint density at radius 2 is 1.84 bits per heavy atom. The topological polar surface area (TPSA) is 81.2 Å². The van der Waals surface area contributed by atoms with E-state index in [2.05, 4.69) is 25.8 Å². The van der Waals surface area contributed by atoms with Gasteiger partial charge in [-0.2, -0.15) is 10.1 Å². The molecule has 1 fully saturated rings. The summed E-state index contributed by atoms with van der Waals surface area (Å²) in [6, 6.07) is 6.00. The third-order valence-electron chi connectivity index (χ3n) is 4.42. The van der Waals surface area contributed by atoms with Gasteiger partial charge >= 0.3 is 0 Å². The predicted molar refractivity (Wildman–Crippen MR) is 97.8 cm³/mol. The minimum atomic E-state index is 0.426. The Morgan fingerprint density at radius 1 is 1.04 bits per heavy atom. The van der Waals surface area contributed by atoms with Crippen LogP contribution in [0.2, 0.25) is 0 Å². The number of nitrogens with one attached hydrogen (secondary N) is 2. The normalized spacial score (nSPS) is 15.3. The number of aromatic nitrogens is 3. The Labute approximate surface area is 148 Å². The van der Waals surface area contributed by atoms with E-state index in [0.29, 0.717) is 23.6 Å². The number of methoxy groups -OCH3 is 2. The van der Waals surface area contributed by atoms with Gasteiger partial charge in [0.15, 0.2) is 5.82 Å². The first-order chi connectivity index (χ1) is 12.3. The number of rotatable bonds is 6. The van der Waals surface area contributed by atoms with Gasteiger partial charge in [0.05, 0.1) is 26.1 Å². The van der Waals surface area contributed by atoms with Crippen LogP contribution in [0.1, 0.15) is 38.5 Å². The van der Waals surface area contributed by atoms with Crippen LogP contribution in [0.15, 0.2) is 24.4 Å². The van der Waals surface area contributed by atoms with Gasteiger partial charge in [-0.3, -0.25) is 0 Å². The van der Waals surface area contributed by atoms with E-state index in [4.69, 9.17) is 9.47 Å². The van der Waals surface area contributed by atoms with Crippen LogP contribution in [0, 0.1) is 0 Å². The highest BCUT2D eigenvalue weighted by Crippen LogP contribution is 2.31. The summed E-state index contributed by atoms with van der Waals surface area (Å²) in [5.41, 5.74) is 0.796. The lowest BCUT2D eigenvalue weighted by Gasteiger charge is -2.16. The molecule has 0 unspecified atom stereocenters. The number of hydrogen-bond donors (Lipinski definition) is 2. The van der Waals surface area contributed by atoms with E-state index in [1.54, 1.807) is 20.4 Å². The molecule has 1 aromatic heterocycles. The molecule has 3 rings (SSSR count). The van der Waals surface area contributed by atoms with Crippen LogP contribution in [0.3, 0.4) is 0 Å². The molecule has 0 amide bonds. The first-order valence-corrected chi connectivity index (χ1v) is 8.74. The molecule has 7 heteroatoms. The molecular formula is C18H25N5O2. The van der Waals surface area contributed by atoms with E-state index in [-0.39, 0.29) is 0 Å². The summed E-state index contributed by atoms with van der Waals surface area (Å²) < 4.78 is 10.6. The maximum atomic E-state index is 5.40. The molecule has 2 N–H and O–H groups in total. The molecule has 1 aromatic carbocycles. The van der Waals surface area contributed by atoms with Gasteiger partial charge < -0.3 is 20.1 Å². The fourth-order valence-corrected chi connectivity index (χ4v) is 3.07. The Hall–Kier alpha value is -2.57. The maximum absolute atomic E-state index is 5.40. The quantitative estimate of drug-likeness (QED) is 0.773. The standard InChI is InChI=1S/C18H25N5O2/c1-24-14-9-10-15(16(11-14)25-2)21-17-12-19-23-18(22-17)20-13-7-5-3-4-6-8-13/h9-13H,3-8H2,1-2H3,(H2,20,21,22,23). The number of hydrogen-bond acceptors (Lipinski definition) is 7. The van der Waals surface area contributed by atoms with Crippen molar-refractivity contribution in [2.24, 2.45) is 0 Å². The van der Waals surface area contributed by atoms with Crippen molar-refractivity contribution in [3.8, 4) is 11.5 Å². The van der Waals surface area contributed by atoms with Gasteiger partial charge in [0.25, 0.3) is 0 Å². The summed E-state index contributed by atoms with van der Waals surface area (Å²) in [6.45, 7) is 0. The van der Waals surface area contributed by atoms with Crippen molar-refractivity contribution >= 4 is 17.5 Å². The maximum Gasteiger partial charge on any atom is 0.244 e. The fraction of sp³-hybridized carbons (Fsp3) is 0.500. The second-order valence-electron chi connectivity index (χ2n) is 6.19. The van der Waals surface area contributed by atoms with Crippen molar-refractivity contribution < 1.29 is 9.47 Å². The highest BCUT2D eigenvalue weighted by molar-refractivity contribution is 5.65.